The molecule has 2 aliphatic rings. The molecular formula is C17H22N2O7S2. The Kier molecular flexibility index (Phi) is 5.28. The number of benzene rings is 1. The van der Waals surface area contributed by atoms with Gasteiger partial charge in [0.15, 0.2) is 0 Å². The molecule has 0 saturated carbocycles. The summed E-state index contributed by atoms with van der Waals surface area (Å²) in [6.45, 7) is 1.95. The van der Waals surface area contributed by atoms with E-state index in [1.54, 1.807) is 0 Å². The number of sulfonamides is 2. The molecule has 2 aliphatic heterocycles. The van der Waals surface area contributed by atoms with Gasteiger partial charge in [-0.2, -0.15) is 4.31 Å². The fraction of sp³-hybridized carbons (Fsp3) is 0.529. The summed E-state index contributed by atoms with van der Waals surface area (Å²) in [5, 5.41) is 8.98. The van der Waals surface area contributed by atoms with Gasteiger partial charge in [-0.25, -0.2) is 25.9 Å². The van der Waals surface area contributed by atoms with Crippen LogP contribution in [0.1, 0.15) is 36.5 Å². The maximum absolute atomic E-state index is 13.2. The molecule has 2 fully saturated rings. The molecule has 2 saturated heterocycles. The number of carbonyl (C=O) groups excluding carboxylic acids is 1. The number of carbonyl (C=O) groups is 2. The average molecular weight is 431 g/mol. The summed E-state index contributed by atoms with van der Waals surface area (Å²) >= 11 is 0. The van der Waals surface area contributed by atoms with E-state index >= 15 is 0 Å². The molecule has 0 radical (unpaired) electrons. The molecule has 0 bridgehead atoms. The summed E-state index contributed by atoms with van der Waals surface area (Å²) < 4.78 is 52.7. The minimum absolute atomic E-state index is 0.0404. The van der Waals surface area contributed by atoms with E-state index in [0.29, 0.717) is 12.8 Å². The molecule has 2 heterocycles. The Bertz CT molecular complexity index is 1000. The quantitative estimate of drug-likeness (QED) is 0.704. The maximum Gasteiger partial charge on any atom is 0.335 e. The lowest BCUT2D eigenvalue weighted by Gasteiger charge is -2.26. The third-order valence-corrected chi connectivity index (χ3v) is 8.36. The first-order valence-corrected chi connectivity index (χ1v) is 12.2. The van der Waals surface area contributed by atoms with E-state index in [2.05, 4.69) is 0 Å². The van der Waals surface area contributed by atoms with Gasteiger partial charge in [-0.15, -0.1) is 0 Å². The van der Waals surface area contributed by atoms with Gasteiger partial charge >= 0.3 is 5.97 Å². The van der Waals surface area contributed by atoms with Crippen LogP contribution in [-0.2, 0) is 24.8 Å². The Morgan fingerprint density at radius 1 is 1.18 bits per heavy atom. The zero-order valence-electron chi connectivity index (χ0n) is 15.5. The third kappa shape index (κ3) is 3.31. The van der Waals surface area contributed by atoms with E-state index in [9.17, 15) is 26.4 Å². The highest BCUT2D eigenvalue weighted by atomic mass is 32.2. The Labute approximate surface area is 164 Å². The van der Waals surface area contributed by atoms with Crippen molar-refractivity contribution in [2.75, 3.05) is 12.8 Å². The molecule has 1 N–H and O–H groups in total. The van der Waals surface area contributed by atoms with Gasteiger partial charge in [-0.3, -0.25) is 4.79 Å². The number of aromatic carboxylic acids is 1. The zero-order chi connectivity index (χ0) is 20.9. The van der Waals surface area contributed by atoms with Crippen LogP contribution < -0.4 is 0 Å². The van der Waals surface area contributed by atoms with Gasteiger partial charge < -0.3 is 5.11 Å². The van der Waals surface area contributed by atoms with Crippen LogP contribution in [0.3, 0.4) is 0 Å². The Balaban J connectivity index is 2.01. The second-order valence-electron chi connectivity index (χ2n) is 7.08. The van der Waals surface area contributed by atoms with E-state index in [1.165, 1.54) is 28.6 Å². The lowest BCUT2D eigenvalue weighted by Crippen LogP contribution is -2.43. The van der Waals surface area contributed by atoms with Crippen molar-refractivity contribution in [3.63, 3.8) is 0 Å². The Morgan fingerprint density at radius 2 is 1.79 bits per heavy atom. The largest absolute Gasteiger partial charge is 0.478 e. The summed E-state index contributed by atoms with van der Waals surface area (Å²) in [4.78, 5) is 23.6. The molecule has 3 rings (SSSR count). The Morgan fingerprint density at radius 3 is 2.29 bits per heavy atom. The second kappa shape index (κ2) is 7.12. The lowest BCUT2D eigenvalue weighted by molar-refractivity contribution is -0.128. The normalized spacial score (nSPS) is 25.9. The predicted octanol–water partition coefficient (Wildman–Crippen LogP) is 0.734. The Hall–Kier alpha value is -1.98. The maximum atomic E-state index is 13.2. The predicted molar refractivity (Wildman–Crippen MR) is 99.6 cm³/mol. The topological polar surface area (TPSA) is 129 Å². The number of rotatable bonds is 6. The first-order chi connectivity index (χ1) is 13.0. The molecular weight excluding hydrogens is 408 g/mol. The molecule has 3 unspecified atom stereocenters. The van der Waals surface area contributed by atoms with Crippen LogP contribution in [0.5, 0.6) is 0 Å². The first-order valence-electron chi connectivity index (χ1n) is 8.88. The van der Waals surface area contributed by atoms with E-state index < -0.39 is 49.9 Å². The zero-order valence-corrected chi connectivity index (χ0v) is 17.1. The minimum atomic E-state index is -4.01. The minimum Gasteiger partial charge on any atom is -0.478 e. The van der Waals surface area contributed by atoms with Crippen molar-refractivity contribution in [2.45, 2.75) is 43.2 Å². The standard InChI is InChI=1S/C17H22N2O7S2/c1-3-4-13-15-14(19(16(13)20)27(2,23)24)9-10-18(15)28(25,26)12-7-5-11(6-8-12)17(21)22/h5-8,13-15H,3-4,9-10H2,1-2H3,(H,21,22). The number of carboxylic acid groups (broad SMARTS) is 1. The van der Waals surface area contributed by atoms with Gasteiger partial charge in [-0.1, -0.05) is 13.3 Å². The van der Waals surface area contributed by atoms with E-state index in [1.807, 2.05) is 6.92 Å². The van der Waals surface area contributed by atoms with Gasteiger partial charge in [0.05, 0.1) is 34.7 Å². The number of amides is 1. The fourth-order valence-corrected chi connectivity index (χ4v) is 7.06. The van der Waals surface area contributed by atoms with Crippen molar-refractivity contribution >= 4 is 31.9 Å². The second-order valence-corrected chi connectivity index (χ2v) is 10.8. The van der Waals surface area contributed by atoms with E-state index in [-0.39, 0.29) is 23.4 Å². The molecule has 28 heavy (non-hydrogen) atoms. The van der Waals surface area contributed by atoms with Gasteiger partial charge in [-0.05, 0) is 37.1 Å². The molecule has 0 aromatic heterocycles. The highest BCUT2D eigenvalue weighted by molar-refractivity contribution is 7.89. The first kappa shape index (κ1) is 20.7. The van der Waals surface area contributed by atoms with Crippen molar-refractivity contribution < 1.29 is 31.5 Å². The molecule has 11 heteroatoms. The van der Waals surface area contributed by atoms with Crippen molar-refractivity contribution in [1.29, 1.82) is 0 Å². The van der Waals surface area contributed by atoms with E-state index in [4.69, 9.17) is 5.11 Å². The molecule has 0 spiro atoms. The van der Waals surface area contributed by atoms with Crippen molar-refractivity contribution in [2.24, 2.45) is 5.92 Å². The van der Waals surface area contributed by atoms with Gasteiger partial charge in [0, 0.05) is 6.54 Å². The number of hydrogen-bond donors (Lipinski definition) is 1. The number of nitrogens with zero attached hydrogens (tertiary/aromatic N) is 2. The lowest BCUT2D eigenvalue weighted by atomic mass is 9.95. The number of fused-ring (bicyclic) bond motifs is 1. The van der Waals surface area contributed by atoms with Crippen LogP contribution in [-0.4, -0.2) is 67.3 Å². The number of hydrogen-bond acceptors (Lipinski definition) is 6. The van der Waals surface area contributed by atoms with E-state index in [0.717, 1.165) is 10.6 Å². The van der Waals surface area contributed by atoms with Crippen LogP contribution in [0, 0.1) is 5.92 Å². The van der Waals surface area contributed by atoms with Crippen LogP contribution >= 0.6 is 0 Å². The van der Waals surface area contributed by atoms with Gasteiger partial charge in [0.2, 0.25) is 26.0 Å². The van der Waals surface area contributed by atoms with Crippen LogP contribution in [0.4, 0.5) is 0 Å². The van der Waals surface area contributed by atoms with Crippen LogP contribution in [0.25, 0.3) is 0 Å². The van der Waals surface area contributed by atoms with Crippen molar-refractivity contribution in [3.05, 3.63) is 29.8 Å². The third-order valence-electron chi connectivity index (χ3n) is 5.28. The fourth-order valence-electron chi connectivity index (χ4n) is 4.17. The summed E-state index contributed by atoms with van der Waals surface area (Å²) in [6, 6.07) is 3.36. The van der Waals surface area contributed by atoms with Crippen LogP contribution in [0.2, 0.25) is 0 Å². The summed E-state index contributed by atoms with van der Waals surface area (Å²) in [5.74, 6) is -2.45. The smallest absolute Gasteiger partial charge is 0.335 e. The molecule has 3 atom stereocenters. The molecule has 154 valence electrons. The average Bonchev–Trinajstić information content (AvgIpc) is 3.13. The molecule has 1 amide bonds. The molecule has 9 nitrogen and oxygen atoms in total. The van der Waals surface area contributed by atoms with Gasteiger partial charge in [0.1, 0.15) is 0 Å². The SMILES string of the molecule is CCCC1C(=O)N(S(C)(=O)=O)C2CCN(S(=O)(=O)c3ccc(C(=O)O)cc3)C12. The molecule has 1 aromatic carbocycles. The summed E-state index contributed by atoms with van der Waals surface area (Å²) in [7, 11) is -7.82. The highest BCUT2D eigenvalue weighted by Crippen LogP contribution is 2.42. The number of carboxylic acids is 1. The van der Waals surface area contributed by atoms with Crippen LogP contribution in [0.15, 0.2) is 29.2 Å². The molecule has 1 aromatic rings. The summed E-state index contributed by atoms with van der Waals surface area (Å²) in [6.07, 6.45) is 2.18. The van der Waals surface area contributed by atoms with Crippen molar-refractivity contribution in [1.82, 2.24) is 8.61 Å². The molecule has 0 aliphatic carbocycles. The highest BCUT2D eigenvalue weighted by Gasteiger charge is 2.58. The summed E-state index contributed by atoms with van der Waals surface area (Å²) in [5.41, 5.74) is -0.0404. The van der Waals surface area contributed by atoms with Crippen molar-refractivity contribution in [3.8, 4) is 0 Å². The monoisotopic (exact) mass is 430 g/mol. The van der Waals surface area contributed by atoms with Gasteiger partial charge in [0.25, 0.3) is 0 Å².